The zero-order valence-corrected chi connectivity index (χ0v) is 14.7. The number of amides is 1. The third kappa shape index (κ3) is 3.52. The van der Waals surface area contributed by atoms with Gasteiger partial charge in [-0.1, -0.05) is 30.3 Å². The second-order valence-electron chi connectivity index (χ2n) is 7.87. The Morgan fingerprint density at radius 3 is 2.61 bits per heavy atom. The third-order valence-corrected chi connectivity index (χ3v) is 4.97. The molecule has 0 aliphatic carbocycles. The van der Waals surface area contributed by atoms with Crippen LogP contribution in [0.15, 0.2) is 30.3 Å². The van der Waals surface area contributed by atoms with Gasteiger partial charge in [-0.2, -0.15) is 0 Å². The van der Waals surface area contributed by atoms with Crippen LogP contribution >= 0.6 is 0 Å². The van der Waals surface area contributed by atoms with Gasteiger partial charge in [0.05, 0.1) is 0 Å². The summed E-state index contributed by atoms with van der Waals surface area (Å²) in [5.74, 6) is 0.571. The van der Waals surface area contributed by atoms with Crippen molar-refractivity contribution in [3.05, 3.63) is 35.9 Å². The average molecular weight is 316 g/mol. The van der Waals surface area contributed by atoms with E-state index >= 15 is 0 Å². The maximum Gasteiger partial charge on any atom is 0.410 e. The number of fused-ring (bicyclic) bond motifs is 1. The molecule has 2 aliphatic rings. The highest BCUT2D eigenvalue weighted by atomic mass is 16.6. The lowest BCUT2D eigenvalue weighted by Crippen LogP contribution is -2.45. The molecule has 3 atom stereocenters. The lowest BCUT2D eigenvalue weighted by molar-refractivity contribution is 0.0197. The first-order valence-electron chi connectivity index (χ1n) is 8.63. The molecule has 3 unspecified atom stereocenters. The van der Waals surface area contributed by atoms with E-state index in [4.69, 9.17) is 4.74 Å². The van der Waals surface area contributed by atoms with E-state index in [1.54, 1.807) is 0 Å². The Labute approximate surface area is 139 Å². The van der Waals surface area contributed by atoms with E-state index in [0.717, 1.165) is 19.6 Å². The molecular weight excluding hydrogens is 288 g/mol. The summed E-state index contributed by atoms with van der Waals surface area (Å²) >= 11 is 0. The van der Waals surface area contributed by atoms with Gasteiger partial charge in [-0.05, 0) is 52.1 Å². The Morgan fingerprint density at radius 2 is 1.96 bits per heavy atom. The van der Waals surface area contributed by atoms with Gasteiger partial charge in [-0.15, -0.1) is 0 Å². The molecule has 4 heteroatoms. The number of carbonyl (C=O) groups excluding carboxylic acids is 1. The predicted molar refractivity (Wildman–Crippen MR) is 91.1 cm³/mol. The van der Waals surface area contributed by atoms with Crippen LogP contribution in [0.5, 0.6) is 0 Å². The van der Waals surface area contributed by atoms with Gasteiger partial charge in [-0.3, -0.25) is 4.90 Å². The van der Waals surface area contributed by atoms with Crippen LogP contribution in [0.1, 0.15) is 39.7 Å². The van der Waals surface area contributed by atoms with Crippen LogP contribution in [-0.2, 0) is 11.3 Å². The summed E-state index contributed by atoms with van der Waals surface area (Å²) < 4.78 is 5.58. The van der Waals surface area contributed by atoms with Crippen LogP contribution in [0.4, 0.5) is 4.79 Å². The van der Waals surface area contributed by atoms with Crippen molar-refractivity contribution in [3.8, 4) is 0 Å². The molecule has 0 saturated carbocycles. The molecule has 3 rings (SSSR count). The normalized spacial score (nSPS) is 28.0. The Morgan fingerprint density at radius 1 is 1.26 bits per heavy atom. The molecule has 126 valence electrons. The highest BCUT2D eigenvalue weighted by Crippen LogP contribution is 2.37. The van der Waals surface area contributed by atoms with Crippen molar-refractivity contribution in [2.75, 3.05) is 13.1 Å². The number of likely N-dealkylation sites (tertiary alicyclic amines) is 2. The fourth-order valence-electron chi connectivity index (χ4n) is 4.01. The van der Waals surface area contributed by atoms with E-state index in [1.807, 2.05) is 25.7 Å². The molecule has 2 fully saturated rings. The summed E-state index contributed by atoms with van der Waals surface area (Å²) in [7, 11) is 0. The summed E-state index contributed by atoms with van der Waals surface area (Å²) in [6, 6.07) is 11.3. The zero-order valence-electron chi connectivity index (χ0n) is 14.7. The molecule has 2 saturated heterocycles. The van der Waals surface area contributed by atoms with Gasteiger partial charge < -0.3 is 9.64 Å². The number of carbonyl (C=O) groups is 1. The number of hydrogen-bond donors (Lipinski definition) is 0. The first-order chi connectivity index (χ1) is 10.8. The Kier molecular flexibility index (Phi) is 4.37. The van der Waals surface area contributed by atoms with Crippen molar-refractivity contribution < 1.29 is 9.53 Å². The molecule has 4 nitrogen and oxygen atoms in total. The first kappa shape index (κ1) is 16.3. The molecule has 0 radical (unpaired) electrons. The predicted octanol–water partition coefficient (Wildman–Crippen LogP) is 3.52. The SMILES string of the molecule is CC1C2C(CCN2Cc2ccccc2)CN1C(=O)OC(C)(C)C. The Bertz CT molecular complexity index is 552. The summed E-state index contributed by atoms with van der Waals surface area (Å²) in [4.78, 5) is 16.9. The zero-order chi connectivity index (χ0) is 16.6. The smallest absolute Gasteiger partial charge is 0.410 e. The van der Waals surface area contributed by atoms with E-state index in [1.165, 1.54) is 12.0 Å². The molecule has 2 heterocycles. The molecule has 2 aliphatic heterocycles. The van der Waals surface area contributed by atoms with Crippen LogP contribution in [0.25, 0.3) is 0 Å². The van der Waals surface area contributed by atoms with Crippen molar-refractivity contribution in [1.29, 1.82) is 0 Å². The second kappa shape index (κ2) is 6.16. The lowest BCUT2D eigenvalue weighted by atomic mass is 10.0. The number of nitrogens with zero attached hydrogens (tertiary/aromatic N) is 2. The molecule has 0 spiro atoms. The molecular formula is C19H28N2O2. The minimum atomic E-state index is -0.432. The van der Waals surface area contributed by atoms with E-state index < -0.39 is 5.60 Å². The summed E-state index contributed by atoms with van der Waals surface area (Å²) in [5.41, 5.74) is 0.911. The lowest BCUT2D eigenvalue weighted by Gasteiger charge is -2.32. The van der Waals surface area contributed by atoms with Gasteiger partial charge in [0.2, 0.25) is 0 Å². The molecule has 1 amide bonds. The molecule has 23 heavy (non-hydrogen) atoms. The molecule has 0 aromatic heterocycles. The van der Waals surface area contributed by atoms with E-state index in [-0.39, 0.29) is 12.1 Å². The van der Waals surface area contributed by atoms with Crippen LogP contribution < -0.4 is 0 Å². The summed E-state index contributed by atoms with van der Waals surface area (Å²) in [6.07, 6.45) is 1.00. The van der Waals surface area contributed by atoms with Gasteiger partial charge in [-0.25, -0.2) is 4.79 Å². The largest absolute Gasteiger partial charge is 0.444 e. The van der Waals surface area contributed by atoms with Crippen molar-refractivity contribution in [1.82, 2.24) is 9.80 Å². The van der Waals surface area contributed by atoms with Crippen LogP contribution in [-0.4, -0.2) is 46.7 Å². The van der Waals surface area contributed by atoms with Gasteiger partial charge in [0, 0.05) is 25.2 Å². The fraction of sp³-hybridized carbons (Fsp3) is 0.632. The van der Waals surface area contributed by atoms with E-state index in [0.29, 0.717) is 12.0 Å². The van der Waals surface area contributed by atoms with Gasteiger partial charge in [0.25, 0.3) is 0 Å². The summed E-state index contributed by atoms with van der Waals surface area (Å²) in [6.45, 7) is 10.9. The van der Waals surface area contributed by atoms with E-state index in [9.17, 15) is 4.79 Å². The van der Waals surface area contributed by atoms with E-state index in [2.05, 4.69) is 42.2 Å². The van der Waals surface area contributed by atoms with Crippen LogP contribution in [0.2, 0.25) is 0 Å². The second-order valence-corrected chi connectivity index (χ2v) is 7.87. The topological polar surface area (TPSA) is 32.8 Å². The fourth-order valence-corrected chi connectivity index (χ4v) is 4.01. The van der Waals surface area contributed by atoms with Gasteiger partial charge in [0.15, 0.2) is 0 Å². The highest BCUT2D eigenvalue weighted by molar-refractivity contribution is 5.69. The minimum Gasteiger partial charge on any atom is -0.444 e. The quantitative estimate of drug-likeness (QED) is 0.837. The average Bonchev–Trinajstić information content (AvgIpc) is 3.00. The number of hydrogen-bond acceptors (Lipinski definition) is 3. The number of ether oxygens (including phenoxy) is 1. The number of benzene rings is 1. The van der Waals surface area contributed by atoms with Crippen LogP contribution in [0, 0.1) is 5.92 Å². The van der Waals surface area contributed by atoms with Crippen molar-refractivity contribution in [2.45, 2.75) is 58.3 Å². The van der Waals surface area contributed by atoms with Gasteiger partial charge >= 0.3 is 6.09 Å². The summed E-state index contributed by atoms with van der Waals surface area (Å²) in [5, 5.41) is 0. The highest BCUT2D eigenvalue weighted by Gasteiger charge is 2.48. The van der Waals surface area contributed by atoms with Crippen LogP contribution in [0.3, 0.4) is 0 Å². The molecule has 1 aromatic carbocycles. The van der Waals surface area contributed by atoms with Crippen molar-refractivity contribution in [3.63, 3.8) is 0 Å². The third-order valence-electron chi connectivity index (χ3n) is 4.97. The first-order valence-corrected chi connectivity index (χ1v) is 8.63. The van der Waals surface area contributed by atoms with Gasteiger partial charge in [0.1, 0.15) is 5.60 Å². The Balaban J connectivity index is 1.68. The Hall–Kier alpha value is -1.55. The molecule has 0 N–H and O–H groups in total. The maximum atomic E-state index is 12.5. The number of rotatable bonds is 2. The minimum absolute atomic E-state index is 0.168. The monoisotopic (exact) mass is 316 g/mol. The maximum absolute atomic E-state index is 12.5. The standard InChI is InChI=1S/C19H28N2O2/c1-14-17-16(13-21(14)18(22)23-19(2,3)4)10-11-20(17)12-15-8-6-5-7-9-15/h5-9,14,16-17H,10-13H2,1-4H3. The molecule has 1 aromatic rings. The molecule has 0 bridgehead atoms. The van der Waals surface area contributed by atoms with Crippen molar-refractivity contribution >= 4 is 6.09 Å². The van der Waals surface area contributed by atoms with Crippen molar-refractivity contribution in [2.24, 2.45) is 5.92 Å².